The van der Waals surface area contributed by atoms with Gasteiger partial charge in [0.15, 0.2) is 11.4 Å². The molecule has 186 valence electrons. The molecule has 2 fully saturated rings. The maximum atomic E-state index is 13.3. The van der Waals surface area contributed by atoms with E-state index in [4.69, 9.17) is 14.7 Å². The summed E-state index contributed by atoms with van der Waals surface area (Å²) in [5.41, 5.74) is 4.54. The van der Waals surface area contributed by atoms with E-state index < -0.39 is 13.5 Å². The highest BCUT2D eigenvalue weighted by Gasteiger charge is 2.45. The van der Waals surface area contributed by atoms with Crippen LogP contribution in [0.2, 0.25) is 25.7 Å². The van der Waals surface area contributed by atoms with E-state index in [2.05, 4.69) is 48.8 Å². The Labute approximate surface area is 209 Å². The van der Waals surface area contributed by atoms with Crippen molar-refractivity contribution in [2.75, 3.05) is 24.6 Å². The van der Waals surface area contributed by atoms with E-state index in [-0.39, 0.29) is 5.78 Å². The molecule has 1 unspecified atom stereocenters. The minimum absolute atomic E-state index is 0.0693. The van der Waals surface area contributed by atoms with Gasteiger partial charge in [-0.3, -0.25) is 4.79 Å². The Balaban J connectivity index is 1.46. The van der Waals surface area contributed by atoms with E-state index >= 15 is 0 Å². The van der Waals surface area contributed by atoms with Crippen LogP contribution in [-0.2, 0) is 11.5 Å². The summed E-state index contributed by atoms with van der Waals surface area (Å²) >= 11 is 0. The third-order valence-electron chi connectivity index (χ3n) is 7.20. The van der Waals surface area contributed by atoms with Gasteiger partial charge >= 0.3 is 0 Å². The zero-order chi connectivity index (χ0) is 25.0. The molecular weight excluding hydrogens is 452 g/mol. The van der Waals surface area contributed by atoms with E-state index in [1.165, 1.54) is 12.1 Å². The zero-order valence-electron chi connectivity index (χ0n) is 22.0. The third-order valence-corrected chi connectivity index (χ3v) is 8.91. The fraction of sp³-hybridized carbons (Fsp3) is 0.536. The summed E-state index contributed by atoms with van der Waals surface area (Å²) in [6.07, 6.45) is 5.10. The first kappa shape index (κ1) is 24.2. The topological polar surface area (TPSA) is 60.3 Å². The van der Waals surface area contributed by atoms with Crippen molar-refractivity contribution in [3.05, 3.63) is 42.2 Å². The summed E-state index contributed by atoms with van der Waals surface area (Å²) in [7, 11) is -1.17. The van der Waals surface area contributed by atoms with Gasteiger partial charge in [0.2, 0.25) is 0 Å². The standard InChI is InChI=1S/C28H38N4O2Si/c1-28(2,3)26(33)23-17-32(18-34-10-11-35(4,5)6)27-25(23)30-24(14-29-27)19-8-7-9-22(13-19)31-15-20-12-21(20)16-31/h7-9,13-14,17,20-21H,10-12,15-16,18H2,1-6H3/t20-,21?/m0/s1. The van der Waals surface area contributed by atoms with Crippen molar-refractivity contribution in [1.29, 1.82) is 0 Å². The molecule has 1 aromatic carbocycles. The number of fused-ring (bicyclic) bond motifs is 2. The molecule has 1 aliphatic heterocycles. The highest BCUT2D eigenvalue weighted by molar-refractivity contribution is 6.76. The normalized spacial score (nSPS) is 19.9. The Bertz CT molecular complexity index is 1240. The van der Waals surface area contributed by atoms with Crippen LogP contribution in [0.1, 0.15) is 37.6 Å². The molecule has 1 aliphatic carbocycles. The maximum Gasteiger partial charge on any atom is 0.171 e. The Hall–Kier alpha value is -2.51. The van der Waals surface area contributed by atoms with Crippen LogP contribution >= 0.6 is 0 Å². The number of hydrogen-bond acceptors (Lipinski definition) is 5. The van der Waals surface area contributed by atoms with Crippen molar-refractivity contribution in [2.24, 2.45) is 17.3 Å². The number of piperidine rings is 1. The lowest BCUT2D eigenvalue weighted by atomic mass is 9.87. The van der Waals surface area contributed by atoms with Crippen molar-refractivity contribution in [3.63, 3.8) is 0 Å². The second-order valence-corrected chi connectivity index (χ2v) is 18.2. The molecule has 3 heterocycles. The number of benzene rings is 1. The molecule has 3 aromatic rings. The first-order valence-electron chi connectivity index (χ1n) is 12.8. The minimum Gasteiger partial charge on any atom is -0.371 e. The van der Waals surface area contributed by atoms with E-state index in [9.17, 15) is 4.79 Å². The second-order valence-electron chi connectivity index (χ2n) is 12.6. The van der Waals surface area contributed by atoms with Crippen molar-refractivity contribution in [1.82, 2.24) is 14.5 Å². The number of ether oxygens (including phenoxy) is 1. The summed E-state index contributed by atoms with van der Waals surface area (Å²) in [4.78, 5) is 25.6. The molecule has 0 amide bonds. The second kappa shape index (κ2) is 8.86. The number of anilines is 1. The van der Waals surface area contributed by atoms with E-state index in [1.807, 2.05) is 37.7 Å². The maximum absolute atomic E-state index is 13.3. The van der Waals surface area contributed by atoms with Gasteiger partial charge in [-0.2, -0.15) is 0 Å². The van der Waals surface area contributed by atoms with Crippen LogP contribution in [0, 0.1) is 17.3 Å². The van der Waals surface area contributed by atoms with Gasteiger partial charge in [-0.15, -0.1) is 0 Å². The van der Waals surface area contributed by atoms with Crippen LogP contribution < -0.4 is 4.90 Å². The number of nitrogens with zero attached hydrogens (tertiary/aromatic N) is 4. The first-order valence-corrected chi connectivity index (χ1v) is 16.5. The molecule has 0 N–H and O–H groups in total. The Morgan fingerprint density at radius 3 is 2.60 bits per heavy atom. The largest absolute Gasteiger partial charge is 0.371 e. The number of carbonyl (C=O) groups excluding carboxylic acids is 1. The van der Waals surface area contributed by atoms with Crippen molar-refractivity contribution >= 4 is 30.7 Å². The number of rotatable bonds is 8. The SMILES string of the molecule is CC(C)(C)C(=O)c1cn(COCC[Si](C)(C)C)c2ncc(-c3cccc(N4CC5C[C@H]5C4)c3)nc12. The lowest BCUT2D eigenvalue weighted by molar-refractivity contribution is 0.0849. The molecule has 0 spiro atoms. The lowest BCUT2D eigenvalue weighted by Crippen LogP contribution is -2.22. The molecule has 35 heavy (non-hydrogen) atoms. The van der Waals surface area contributed by atoms with Crippen LogP contribution in [0.15, 0.2) is 36.7 Å². The van der Waals surface area contributed by atoms with Gasteiger partial charge in [0, 0.05) is 50.6 Å². The van der Waals surface area contributed by atoms with Gasteiger partial charge in [-0.25, -0.2) is 9.97 Å². The third kappa shape index (κ3) is 5.21. The summed E-state index contributed by atoms with van der Waals surface area (Å²) in [5, 5.41) is 0. The number of Topliss-reactive ketones (excluding diaryl/α,β-unsaturated/α-hetero) is 1. The molecule has 0 bridgehead atoms. The highest BCUT2D eigenvalue weighted by atomic mass is 28.3. The average molecular weight is 491 g/mol. The molecule has 1 saturated carbocycles. The van der Waals surface area contributed by atoms with Crippen molar-refractivity contribution < 1.29 is 9.53 Å². The fourth-order valence-corrected chi connectivity index (χ4v) is 5.63. The summed E-state index contributed by atoms with van der Waals surface area (Å²) < 4.78 is 7.93. The van der Waals surface area contributed by atoms with E-state index in [1.54, 1.807) is 0 Å². The fourth-order valence-electron chi connectivity index (χ4n) is 4.87. The Morgan fingerprint density at radius 1 is 1.17 bits per heavy atom. The van der Waals surface area contributed by atoms with Crippen LogP contribution in [0.3, 0.4) is 0 Å². The van der Waals surface area contributed by atoms with E-state index in [0.29, 0.717) is 30.1 Å². The van der Waals surface area contributed by atoms with Gasteiger partial charge in [0.05, 0.1) is 17.5 Å². The Kier molecular flexibility index (Phi) is 6.12. The Morgan fingerprint density at radius 2 is 1.91 bits per heavy atom. The molecule has 0 radical (unpaired) electrons. The highest BCUT2D eigenvalue weighted by Crippen LogP contribution is 2.46. The number of aromatic nitrogens is 3. The molecule has 6 nitrogen and oxygen atoms in total. The number of carbonyl (C=O) groups is 1. The molecule has 7 heteroatoms. The van der Waals surface area contributed by atoms with Crippen LogP contribution in [0.25, 0.3) is 22.4 Å². The summed E-state index contributed by atoms with van der Waals surface area (Å²) in [6, 6.07) is 9.67. The molecule has 2 atom stereocenters. The van der Waals surface area contributed by atoms with Crippen LogP contribution in [0.4, 0.5) is 5.69 Å². The van der Waals surface area contributed by atoms with E-state index in [0.717, 1.165) is 42.2 Å². The smallest absolute Gasteiger partial charge is 0.171 e. The van der Waals surface area contributed by atoms with Crippen LogP contribution in [0.5, 0.6) is 0 Å². The predicted octanol–water partition coefficient (Wildman–Crippen LogP) is 6.10. The first-order chi connectivity index (χ1) is 16.5. The van der Waals surface area contributed by atoms with Gasteiger partial charge in [-0.1, -0.05) is 52.5 Å². The van der Waals surface area contributed by atoms with Gasteiger partial charge in [0.25, 0.3) is 0 Å². The minimum atomic E-state index is -1.17. The van der Waals surface area contributed by atoms with Gasteiger partial charge < -0.3 is 14.2 Å². The quantitative estimate of drug-likeness (QED) is 0.217. The van der Waals surface area contributed by atoms with Gasteiger partial charge in [0.1, 0.15) is 12.2 Å². The number of ketones is 1. The van der Waals surface area contributed by atoms with Crippen LogP contribution in [-0.4, -0.2) is 48.1 Å². The molecular formula is C28H38N4O2Si. The summed E-state index contributed by atoms with van der Waals surface area (Å²) in [6.45, 7) is 16.3. The monoisotopic (exact) mass is 490 g/mol. The predicted molar refractivity (Wildman–Crippen MR) is 145 cm³/mol. The van der Waals surface area contributed by atoms with Crippen molar-refractivity contribution in [3.8, 4) is 11.3 Å². The molecule has 2 aliphatic rings. The van der Waals surface area contributed by atoms with Crippen molar-refractivity contribution in [2.45, 2.75) is 59.6 Å². The molecule has 1 saturated heterocycles. The number of hydrogen-bond donors (Lipinski definition) is 0. The molecule has 5 rings (SSSR count). The average Bonchev–Trinajstić information content (AvgIpc) is 3.24. The summed E-state index contributed by atoms with van der Waals surface area (Å²) in [5.74, 6) is 1.84. The molecule has 2 aromatic heterocycles. The van der Waals surface area contributed by atoms with Gasteiger partial charge in [-0.05, 0) is 36.4 Å². The zero-order valence-corrected chi connectivity index (χ0v) is 23.0. The lowest BCUT2D eigenvalue weighted by Gasteiger charge is -2.20.